The molecule has 0 aromatic carbocycles. The summed E-state index contributed by atoms with van der Waals surface area (Å²) in [6, 6.07) is 0.865. The first-order valence-electron chi connectivity index (χ1n) is 3.27. The van der Waals surface area contributed by atoms with Gasteiger partial charge in [0.25, 0.3) is 11.7 Å². The summed E-state index contributed by atoms with van der Waals surface area (Å²) in [5, 5.41) is -1.19. The molecule has 1 heterocycles. The molecule has 7 heteroatoms. The summed E-state index contributed by atoms with van der Waals surface area (Å²) < 4.78 is 37.3. The maximum absolute atomic E-state index is 13.1. The van der Waals surface area contributed by atoms with E-state index in [9.17, 15) is 18.0 Å². The minimum absolute atomic E-state index is 0.114. The van der Waals surface area contributed by atoms with Crippen LogP contribution in [0.15, 0.2) is 6.07 Å². The smallest absolute Gasteiger partial charge is 0.274 e. The van der Waals surface area contributed by atoms with Gasteiger partial charge < -0.3 is 0 Å². The molecule has 0 radical (unpaired) electrons. The van der Waals surface area contributed by atoms with Crippen LogP contribution in [-0.4, -0.2) is 10.2 Å². The zero-order valence-electron chi connectivity index (χ0n) is 6.40. The Morgan fingerprint density at radius 1 is 1.57 bits per heavy atom. The van der Waals surface area contributed by atoms with E-state index < -0.39 is 28.9 Å². The van der Waals surface area contributed by atoms with E-state index in [1.54, 1.807) is 0 Å². The largest absolute Gasteiger partial charge is 0.280 e. The van der Waals surface area contributed by atoms with Crippen LogP contribution in [0.4, 0.5) is 13.2 Å². The van der Waals surface area contributed by atoms with Gasteiger partial charge in [0.2, 0.25) is 0 Å². The van der Waals surface area contributed by atoms with Gasteiger partial charge in [-0.1, -0.05) is 0 Å². The highest BCUT2D eigenvalue weighted by Gasteiger charge is 2.19. The molecule has 0 unspecified atom stereocenters. The fourth-order valence-electron chi connectivity index (χ4n) is 0.759. The minimum atomic E-state index is -2.86. The van der Waals surface area contributed by atoms with E-state index in [0.29, 0.717) is 0 Å². The van der Waals surface area contributed by atoms with Crippen molar-refractivity contribution in [1.29, 1.82) is 0 Å². The van der Waals surface area contributed by atoms with Crippen molar-refractivity contribution in [2.45, 2.75) is 6.43 Å². The minimum Gasteiger partial charge on any atom is -0.274 e. The summed E-state index contributed by atoms with van der Waals surface area (Å²) >= 11 is 6.45. The number of pyridine rings is 1. The molecule has 0 saturated carbocycles. The van der Waals surface area contributed by atoms with Crippen LogP contribution in [-0.2, 0) is 0 Å². The van der Waals surface area contributed by atoms with Gasteiger partial charge in [0.15, 0.2) is 11.5 Å². The molecule has 1 aromatic heterocycles. The lowest BCUT2D eigenvalue weighted by molar-refractivity contribution is 0.107. The molecule has 0 aliphatic heterocycles. The second-order valence-corrected chi connectivity index (χ2v) is 3.77. The molecule has 0 spiro atoms. The van der Waals surface area contributed by atoms with Crippen molar-refractivity contribution < 1.29 is 18.0 Å². The van der Waals surface area contributed by atoms with Crippen molar-refractivity contribution in [2.24, 2.45) is 0 Å². The highest BCUT2D eigenvalue weighted by Crippen LogP contribution is 2.23. The highest BCUT2D eigenvalue weighted by atomic mass is 127. The third-order valence-corrected chi connectivity index (χ3v) is 2.31. The number of carbonyl (C=O) groups excluding carboxylic acids is 1. The Hall–Kier alpha value is -0.370. The van der Waals surface area contributed by atoms with E-state index in [0.717, 1.165) is 6.07 Å². The highest BCUT2D eigenvalue weighted by molar-refractivity contribution is 14.1. The van der Waals surface area contributed by atoms with Crippen LogP contribution in [0.1, 0.15) is 22.6 Å². The van der Waals surface area contributed by atoms with Crippen molar-refractivity contribution in [2.75, 3.05) is 0 Å². The fourth-order valence-corrected chi connectivity index (χ4v) is 1.46. The van der Waals surface area contributed by atoms with E-state index in [2.05, 4.69) is 4.98 Å². The molecule has 0 aliphatic rings. The van der Waals surface area contributed by atoms with Gasteiger partial charge in [0.1, 0.15) is 5.69 Å². The summed E-state index contributed by atoms with van der Waals surface area (Å²) in [5.41, 5.74) is -1.44. The van der Waals surface area contributed by atoms with Crippen LogP contribution >= 0.6 is 34.2 Å². The summed E-state index contributed by atoms with van der Waals surface area (Å²) in [5.74, 6) is -0.977. The van der Waals surface area contributed by atoms with Crippen LogP contribution in [0.3, 0.4) is 0 Å². The molecule has 1 aromatic rings. The summed E-state index contributed by atoms with van der Waals surface area (Å²) in [4.78, 5) is 13.7. The van der Waals surface area contributed by atoms with Crippen LogP contribution in [0.5, 0.6) is 0 Å². The first-order chi connectivity index (χ1) is 6.43. The second kappa shape index (κ2) is 4.43. The Bertz CT molecular complexity index is 385. The summed E-state index contributed by atoms with van der Waals surface area (Å²) in [7, 11) is 0. The van der Waals surface area contributed by atoms with Crippen molar-refractivity contribution >= 4 is 39.4 Å². The van der Waals surface area contributed by atoms with E-state index in [-0.39, 0.29) is 3.57 Å². The predicted molar refractivity (Wildman–Crippen MR) is 52.1 cm³/mol. The Balaban J connectivity index is 3.35. The number of rotatable bonds is 2. The standard InChI is InChI=1S/C7H2ClF3INO/c8-6(14)5-4(9)2(12)1-3(13-5)7(10)11/h1,7H. The average molecular weight is 335 g/mol. The Morgan fingerprint density at radius 3 is 2.57 bits per heavy atom. The molecule has 0 amide bonds. The molecular weight excluding hydrogens is 333 g/mol. The molecule has 0 saturated heterocycles. The Morgan fingerprint density at radius 2 is 2.14 bits per heavy atom. The SMILES string of the molecule is O=C(Cl)c1nc(C(F)F)cc(I)c1F. The zero-order valence-corrected chi connectivity index (χ0v) is 9.31. The van der Waals surface area contributed by atoms with Gasteiger partial charge in [0, 0.05) is 0 Å². The van der Waals surface area contributed by atoms with Crippen molar-refractivity contribution in [3.8, 4) is 0 Å². The predicted octanol–water partition coefficient (Wildman–Crippen LogP) is 3.14. The molecule has 0 fully saturated rings. The topological polar surface area (TPSA) is 30.0 Å². The maximum Gasteiger partial charge on any atom is 0.280 e. The number of hydrogen-bond donors (Lipinski definition) is 0. The molecule has 0 bridgehead atoms. The van der Waals surface area contributed by atoms with Crippen LogP contribution in [0, 0.1) is 9.39 Å². The Kier molecular flexibility index (Phi) is 3.71. The molecule has 0 atom stereocenters. The van der Waals surface area contributed by atoms with Gasteiger partial charge in [-0.2, -0.15) is 0 Å². The van der Waals surface area contributed by atoms with Gasteiger partial charge in [-0.15, -0.1) is 0 Å². The number of hydrogen-bond acceptors (Lipinski definition) is 2. The van der Waals surface area contributed by atoms with Gasteiger partial charge in [-0.25, -0.2) is 18.2 Å². The van der Waals surface area contributed by atoms with Crippen LogP contribution in [0.25, 0.3) is 0 Å². The number of carbonyl (C=O) groups is 1. The molecule has 2 nitrogen and oxygen atoms in total. The lowest BCUT2D eigenvalue weighted by Gasteiger charge is -2.03. The van der Waals surface area contributed by atoms with Crippen molar-refractivity contribution in [3.63, 3.8) is 0 Å². The van der Waals surface area contributed by atoms with Gasteiger partial charge in [-0.3, -0.25) is 4.79 Å². The van der Waals surface area contributed by atoms with Crippen LogP contribution in [0.2, 0.25) is 0 Å². The van der Waals surface area contributed by atoms with Crippen LogP contribution < -0.4 is 0 Å². The quantitative estimate of drug-likeness (QED) is 0.614. The van der Waals surface area contributed by atoms with E-state index in [4.69, 9.17) is 11.6 Å². The number of alkyl halides is 2. The molecule has 14 heavy (non-hydrogen) atoms. The fraction of sp³-hybridized carbons (Fsp3) is 0.143. The number of halogens is 5. The van der Waals surface area contributed by atoms with E-state index >= 15 is 0 Å². The third kappa shape index (κ3) is 2.35. The van der Waals surface area contributed by atoms with Gasteiger partial charge in [-0.05, 0) is 40.3 Å². The normalized spacial score (nSPS) is 10.7. The summed E-state index contributed by atoms with van der Waals surface area (Å²) in [6.07, 6.45) is -2.86. The lowest BCUT2D eigenvalue weighted by atomic mass is 10.3. The number of nitrogens with zero attached hydrogens (tertiary/aromatic N) is 1. The first-order valence-corrected chi connectivity index (χ1v) is 4.73. The van der Waals surface area contributed by atoms with Gasteiger partial charge in [0.05, 0.1) is 3.57 Å². The molecule has 0 aliphatic carbocycles. The Labute approximate surface area is 95.6 Å². The molecule has 1 rings (SSSR count). The molecule has 76 valence electrons. The van der Waals surface area contributed by atoms with Crippen molar-refractivity contribution in [1.82, 2.24) is 4.98 Å². The number of aromatic nitrogens is 1. The average Bonchev–Trinajstić information content (AvgIpc) is 2.08. The monoisotopic (exact) mass is 335 g/mol. The van der Waals surface area contributed by atoms with E-state index in [1.165, 1.54) is 22.6 Å². The zero-order chi connectivity index (χ0) is 10.9. The molecular formula is C7H2ClF3INO. The second-order valence-electron chi connectivity index (χ2n) is 2.27. The maximum atomic E-state index is 13.1. The molecule has 0 N–H and O–H groups in total. The van der Waals surface area contributed by atoms with Crippen molar-refractivity contribution in [3.05, 3.63) is 26.8 Å². The lowest BCUT2D eigenvalue weighted by Crippen LogP contribution is -2.05. The third-order valence-electron chi connectivity index (χ3n) is 1.34. The first kappa shape index (κ1) is 11.7. The summed E-state index contributed by atoms with van der Waals surface area (Å²) in [6.45, 7) is 0. The van der Waals surface area contributed by atoms with Gasteiger partial charge >= 0.3 is 0 Å². The van der Waals surface area contributed by atoms with E-state index in [1.807, 2.05) is 0 Å².